The van der Waals surface area contributed by atoms with Crippen LogP contribution in [0, 0.1) is 0 Å². The zero-order valence-corrected chi connectivity index (χ0v) is 11.9. The van der Waals surface area contributed by atoms with E-state index >= 15 is 0 Å². The summed E-state index contributed by atoms with van der Waals surface area (Å²) in [5.74, 6) is 0. The maximum atomic E-state index is 5.92. The number of halogens is 1. The molecule has 0 aliphatic heterocycles. The van der Waals surface area contributed by atoms with Gasteiger partial charge in [0.15, 0.2) is 0 Å². The summed E-state index contributed by atoms with van der Waals surface area (Å²) in [5.41, 5.74) is 0. The summed E-state index contributed by atoms with van der Waals surface area (Å²) >= 11 is 5.21. The van der Waals surface area contributed by atoms with Crippen LogP contribution >= 0.6 is 27.3 Å². The first-order chi connectivity index (χ1) is 7.78. The first-order valence-corrected chi connectivity index (χ1v) is 7.27. The van der Waals surface area contributed by atoms with Crippen molar-refractivity contribution in [2.45, 2.75) is 44.5 Å². The van der Waals surface area contributed by atoms with Gasteiger partial charge in [0.1, 0.15) is 0 Å². The van der Waals surface area contributed by atoms with E-state index in [1.165, 1.54) is 27.9 Å². The number of thiophene rings is 1. The molecule has 0 spiro atoms. The maximum absolute atomic E-state index is 5.92. The molecule has 1 aromatic rings. The number of methoxy groups -OCH3 is 1. The van der Waals surface area contributed by atoms with Crippen LogP contribution in [0.4, 0.5) is 0 Å². The molecule has 1 heterocycles. The molecule has 0 radical (unpaired) electrons. The minimum absolute atomic E-state index is 0.375. The number of rotatable bonds is 4. The van der Waals surface area contributed by atoms with Crippen molar-refractivity contribution in [3.63, 3.8) is 0 Å². The summed E-state index contributed by atoms with van der Waals surface area (Å²) in [6.45, 7) is 0.733. The third-order valence-electron chi connectivity index (χ3n) is 3.00. The zero-order chi connectivity index (χ0) is 11.4. The van der Waals surface area contributed by atoms with Gasteiger partial charge in [0.2, 0.25) is 0 Å². The van der Waals surface area contributed by atoms with Crippen molar-refractivity contribution in [1.29, 1.82) is 0 Å². The van der Waals surface area contributed by atoms with Gasteiger partial charge in [-0.3, -0.25) is 0 Å². The van der Waals surface area contributed by atoms with E-state index in [2.05, 4.69) is 28.1 Å². The van der Waals surface area contributed by atoms with Gasteiger partial charge >= 0.3 is 0 Å². The van der Waals surface area contributed by atoms with Gasteiger partial charge in [-0.05, 0) is 53.7 Å². The summed E-state index contributed by atoms with van der Waals surface area (Å²) in [5, 5.41) is 0. The molecule has 0 aromatic carbocycles. The molecule has 2 nitrogen and oxygen atoms in total. The Labute approximate surface area is 109 Å². The highest BCUT2D eigenvalue weighted by Gasteiger charge is 2.22. The smallest absolute Gasteiger partial charge is 0.0813 e. The molecule has 2 unspecified atom stereocenters. The highest BCUT2D eigenvalue weighted by atomic mass is 79.9. The van der Waals surface area contributed by atoms with Crippen LogP contribution in [0.15, 0.2) is 15.9 Å². The van der Waals surface area contributed by atoms with Crippen LogP contribution in [0.3, 0.4) is 0 Å². The van der Waals surface area contributed by atoms with Crippen LogP contribution in [0.25, 0.3) is 0 Å². The minimum Gasteiger partial charge on any atom is -0.381 e. The molecule has 1 saturated carbocycles. The standard InChI is InChI=1S/C12H17BrO2S/c1-14-9-3-2-4-10(7-9)15-8-11-5-6-12(13)16-11/h5-6,9-10H,2-4,7-8H2,1H3. The quantitative estimate of drug-likeness (QED) is 0.837. The van der Waals surface area contributed by atoms with Crippen LogP contribution in [-0.2, 0) is 16.1 Å². The summed E-state index contributed by atoms with van der Waals surface area (Å²) in [7, 11) is 1.80. The second-order valence-corrected chi connectivity index (χ2v) is 6.71. The Hall–Kier alpha value is 0.1000. The predicted molar refractivity (Wildman–Crippen MR) is 69.9 cm³/mol. The van der Waals surface area contributed by atoms with Gasteiger partial charge in [-0.1, -0.05) is 0 Å². The van der Waals surface area contributed by atoms with E-state index in [4.69, 9.17) is 9.47 Å². The molecule has 0 bridgehead atoms. The van der Waals surface area contributed by atoms with Gasteiger partial charge in [0.05, 0.1) is 22.6 Å². The van der Waals surface area contributed by atoms with Gasteiger partial charge in [0, 0.05) is 12.0 Å². The molecule has 0 saturated heterocycles. The molecule has 90 valence electrons. The van der Waals surface area contributed by atoms with Crippen LogP contribution in [0.5, 0.6) is 0 Å². The molecule has 0 N–H and O–H groups in total. The fourth-order valence-electron chi connectivity index (χ4n) is 2.10. The largest absolute Gasteiger partial charge is 0.381 e. The lowest BCUT2D eigenvalue weighted by atomic mass is 9.95. The zero-order valence-electron chi connectivity index (χ0n) is 9.45. The SMILES string of the molecule is COC1CCCC(OCc2ccc(Br)s2)C1. The second kappa shape index (κ2) is 6.15. The first-order valence-electron chi connectivity index (χ1n) is 5.66. The summed E-state index contributed by atoms with van der Waals surface area (Å²) < 4.78 is 12.5. The Morgan fingerprint density at radius 3 is 2.88 bits per heavy atom. The summed E-state index contributed by atoms with van der Waals surface area (Å²) in [6, 6.07) is 4.19. The highest BCUT2D eigenvalue weighted by molar-refractivity contribution is 9.11. The molecule has 0 amide bonds. The van der Waals surface area contributed by atoms with Gasteiger partial charge in [0.25, 0.3) is 0 Å². The molecule has 1 aliphatic rings. The van der Waals surface area contributed by atoms with Crippen molar-refractivity contribution in [3.05, 3.63) is 20.8 Å². The summed E-state index contributed by atoms with van der Waals surface area (Å²) in [4.78, 5) is 1.28. The number of hydrogen-bond acceptors (Lipinski definition) is 3. The van der Waals surface area contributed by atoms with E-state index in [1.807, 2.05) is 0 Å². The molecule has 2 rings (SSSR count). The summed E-state index contributed by atoms with van der Waals surface area (Å²) in [6.07, 6.45) is 5.39. The number of ether oxygens (including phenoxy) is 2. The third-order valence-corrected chi connectivity index (χ3v) is 4.60. The van der Waals surface area contributed by atoms with E-state index in [0.717, 1.165) is 13.0 Å². The normalized spacial score (nSPS) is 25.9. The van der Waals surface area contributed by atoms with Gasteiger partial charge in [-0.15, -0.1) is 11.3 Å². The van der Waals surface area contributed by atoms with Crippen LogP contribution < -0.4 is 0 Å². The Morgan fingerprint density at radius 1 is 1.38 bits per heavy atom. The van der Waals surface area contributed by atoms with E-state index in [9.17, 15) is 0 Å². The molecule has 4 heteroatoms. The van der Waals surface area contributed by atoms with Crippen LogP contribution in [0.1, 0.15) is 30.6 Å². The Balaban J connectivity index is 1.77. The predicted octanol–water partition coefficient (Wildman–Crippen LogP) is 3.98. The van der Waals surface area contributed by atoms with E-state index in [1.54, 1.807) is 18.4 Å². The van der Waals surface area contributed by atoms with E-state index < -0.39 is 0 Å². The Bertz CT molecular complexity index is 327. The van der Waals surface area contributed by atoms with Crippen molar-refractivity contribution in [3.8, 4) is 0 Å². The van der Waals surface area contributed by atoms with Crippen molar-refractivity contribution >= 4 is 27.3 Å². The van der Waals surface area contributed by atoms with Crippen molar-refractivity contribution in [2.24, 2.45) is 0 Å². The molecule has 2 atom stereocenters. The average molecular weight is 305 g/mol. The maximum Gasteiger partial charge on any atom is 0.0813 e. The van der Waals surface area contributed by atoms with E-state index in [-0.39, 0.29) is 0 Å². The van der Waals surface area contributed by atoms with Gasteiger partial charge in [-0.2, -0.15) is 0 Å². The molecule has 1 fully saturated rings. The molecular formula is C12H17BrO2S. The molecule has 16 heavy (non-hydrogen) atoms. The lowest BCUT2D eigenvalue weighted by molar-refractivity contribution is -0.0356. The van der Waals surface area contributed by atoms with Crippen molar-refractivity contribution in [1.82, 2.24) is 0 Å². The van der Waals surface area contributed by atoms with Crippen molar-refractivity contribution < 1.29 is 9.47 Å². The Morgan fingerprint density at radius 2 is 2.19 bits per heavy atom. The number of hydrogen-bond donors (Lipinski definition) is 0. The topological polar surface area (TPSA) is 18.5 Å². The molecular weight excluding hydrogens is 288 g/mol. The fourth-order valence-corrected chi connectivity index (χ4v) is 3.50. The van der Waals surface area contributed by atoms with Crippen LogP contribution in [0.2, 0.25) is 0 Å². The van der Waals surface area contributed by atoms with Crippen LogP contribution in [-0.4, -0.2) is 19.3 Å². The highest BCUT2D eigenvalue weighted by Crippen LogP contribution is 2.26. The van der Waals surface area contributed by atoms with Gasteiger partial charge in [-0.25, -0.2) is 0 Å². The third kappa shape index (κ3) is 3.55. The monoisotopic (exact) mass is 304 g/mol. The minimum atomic E-state index is 0.375. The lowest BCUT2D eigenvalue weighted by Gasteiger charge is -2.28. The Kier molecular flexibility index (Phi) is 4.82. The first kappa shape index (κ1) is 12.6. The van der Waals surface area contributed by atoms with Gasteiger partial charge < -0.3 is 9.47 Å². The fraction of sp³-hybridized carbons (Fsp3) is 0.667. The molecule has 1 aliphatic carbocycles. The molecule has 1 aromatic heterocycles. The second-order valence-electron chi connectivity index (χ2n) is 4.16. The lowest BCUT2D eigenvalue weighted by Crippen LogP contribution is -2.27. The van der Waals surface area contributed by atoms with E-state index in [0.29, 0.717) is 12.2 Å². The van der Waals surface area contributed by atoms with Crippen molar-refractivity contribution in [2.75, 3.05) is 7.11 Å². The average Bonchev–Trinajstić information content (AvgIpc) is 2.73.